The third-order valence-electron chi connectivity index (χ3n) is 6.90. The largest absolute Gasteiger partial charge is 0.325 e. The van der Waals surface area contributed by atoms with E-state index in [4.69, 9.17) is 0 Å². The van der Waals surface area contributed by atoms with Crippen molar-refractivity contribution in [1.29, 1.82) is 0 Å². The number of nitrogens with zero attached hydrogens (tertiary/aromatic N) is 1. The van der Waals surface area contributed by atoms with E-state index >= 15 is 0 Å². The molecule has 0 spiro atoms. The van der Waals surface area contributed by atoms with E-state index in [-0.39, 0.29) is 17.3 Å². The third kappa shape index (κ3) is 3.01. The van der Waals surface area contributed by atoms with Gasteiger partial charge < -0.3 is 5.32 Å². The predicted molar refractivity (Wildman–Crippen MR) is 124 cm³/mol. The topological polar surface area (TPSA) is 51.1 Å². The van der Waals surface area contributed by atoms with Gasteiger partial charge in [-0.25, -0.2) is 0 Å². The first-order chi connectivity index (χ1) is 14.7. The molecule has 2 saturated carbocycles. The monoisotopic (exact) mass is 454 g/mol. The number of carbonyl (C=O) groups is 1. The number of thiophene rings is 1. The molecule has 7 heteroatoms. The van der Waals surface area contributed by atoms with Crippen molar-refractivity contribution in [2.24, 2.45) is 17.8 Å². The van der Waals surface area contributed by atoms with Gasteiger partial charge in [-0.1, -0.05) is 35.6 Å². The number of carbonyl (C=O) groups excluding carboxylic acids is 1. The fraction of sp³-hybridized carbons (Fsp3) is 0.391. The van der Waals surface area contributed by atoms with Crippen molar-refractivity contribution in [1.82, 2.24) is 4.57 Å². The molecule has 1 amide bonds. The molecule has 2 fully saturated rings. The molecule has 6 rings (SSSR count). The summed E-state index contributed by atoms with van der Waals surface area (Å²) >= 11 is 5.05. The number of rotatable bonds is 4. The van der Waals surface area contributed by atoms with Gasteiger partial charge in [0.2, 0.25) is 5.91 Å². The minimum absolute atomic E-state index is 0.00964. The van der Waals surface area contributed by atoms with Gasteiger partial charge in [-0.2, -0.15) is 0 Å². The summed E-state index contributed by atoms with van der Waals surface area (Å²) in [6, 6.07) is 13.8. The normalized spacial score (nSPS) is 28.9. The maximum absolute atomic E-state index is 13.0. The average Bonchev–Trinajstić information content (AvgIpc) is 3.53. The molecule has 3 aromatic rings. The number of thiazole rings is 1. The summed E-state index contributed by atoms with van der Waals surface area (Å²) in [5.41, 5.74) is 0.761. The van der Waals surface area contributed by atoms with Crippen LogP contribution in [-0.2, 0) is 11.3 Å². The zero-order valence-electron chi connectivity index (χ0n) is 16.3. The number of aromatic nitrogens is 1. The zero-order valence-corrected chi connectivity index (χ0v) is 18.8. The highest BCUT2D eigenvalue weighted by Crippen LogP contribution is 2.64. The van der Waals surface area contributed by atoms with E-state index in [0.717, 1.165) is 22.5 Å². The Morgan fingerprint density at radius 1 is 1.10 bits per heavy atom. The van der Waals surface area contributed by atoms with Crippen molar-refractivity contribution >= 4 is 46.0 Å². The van der Waals surface area contributed by atoms with Gasteiger partial charge in [0.15, 0.2) is 0 Å². The van der Waals surface area contributed by atoms with Crippen LogP contribution in [0.4, 0.5) is 5.69 Å². The van der Waals surface area contributed by atoms with E-state index in [1.54, 1.807) is 15.9 Å². The number of nitrogens with one attached hydrogen (secondary N) is 1. The van der Waals surface area contributed by atoms with Gasteiger partial charge in [-0.3, -0.25) is 14.2 Å². The number of hydrogen-bond acceptors (Lipinski definition) is 5. The molecule has 154 valence electrons. The number of fused-ring (bicyclic) bond motifs is 6. The van der Waals surface area contributed by atoms with Gasteiger partial charge in [0.1, 0.15) is 6.54 Å². The molecule has 3 heterocycles. The highest BCUT2D eigenvalue weighted by atomic mass is 32.2. The number of para-hydroxylation sites is 1. The SMILES string of the molecule is O=C(Cn1c2c(sc1=O)C(c1cccs1)C1C3CCC(C3)C1S2)Nc1ccccc1. The van der Waals surface area contributed by atoms with E-state index in [9.17, 15) is 9.59 Å². The Kier molecular flexibility index (Phi) is 4.66. The standard InChI is InChI=1S/C23H22N2O2S3/c26-17(24-15-5-2-1-3-6-15)12-25-22-21(30-23(25)27)19(16-7-4-10-28-16)18-13-8-9-14(11-13)20(18)29-22/h1-7,10,13-14,18-20H,8-9,11-12H2,(H,24,26). The molecule has 2 aliphatic carbocycles. The van der Waals surface area contributed by atoms with Crippen LogP contribution >= 0.6 is 34.4 Å². The molecular formula is C23H22N2O2S3. The van der Waals surface area contributed by atoms with Crippen LogP contribution in [0.5, 0.6) is 0 Å². The maximum atomic E-state index is 13.0. The zero-order chi connectivity index (χ0) is 20.2. The summed E-state index contributed by atoms with van der Waals surface area (Å²) < 4.78 is 1.73. The predicted octanol–water partition coefficient (Wildman–Crippen LogP) is 5.26. The number of thioether (sulfide) groups is 1. The lowest BCUT2D eigenvalue weighted by Crippen LogP contribution is -2.34. The second-order valence-corrected chi connectivity index (χ2v) is 11.7. The first kappa shape index (κ1) is 18.9. The Hall–Kier alpha value is -1.83. The smallest absolute Gasteiger partial charge is 0.308 e. The lowest BCUT2D eigenvalue weighted by atomic mass is 9.77. The molecule has 4 nitrogen and oxygen atoms in total. The lowest BCUT2D eigenvalue weighted by Gasteiger charge is -2.40. The van der Waals surface area contributed by atoms with Crippen molar-refractivity contribution < 1.29 is 4.79 Å². The van der Waals surface area contributed by atoms with Crippen molar-refractivity contribution in [3.63, 3.8) is 0 Å². The van der Waals surface area contributed by atoms with Crippen molar-refractivity contribution in [2.75, 3.05) is 5.32 Å². The summed E-state index contributed by atoms with van der Waals surface area (Å²) in [7, 11) is 0. The van der Waals surface area contributed by atoms with Gasteiger partial charge in [-0.15, -0.1) is 23.1 Å². The number of benzene rings is 1. The molecular weight excluding hydrogens is 432 g/mol. The Morgan fingerprint density at radius 3 is 2.73 bits per heavy atom. The van der Waals surface area contributed by atoms with Crippen molar-refractivity contribution in [3.05, 3.63) is 67.3 Å². The van der Waals surface area contributed by atoms with E-state index < -0.39 is 0 Å². The molecule has 2 aromatic heterocycles. The molecule has 30 heavy (non-hydrogen) atoms. The van der Waals surface area contributed by atoms with E-state index in [1.807, 2.05) is 42.1 Å². The number of hydrogen-bond donors (Lipinski definition) is 1. The maximum Gasteiger partial charge on any atom is 0.308 e. The number of amides is 1. The Morgan fingerprint density at radius 2 is 1.93 bits per heavy atom. The van der Waals surface area contributed by atoms with Crippen LogP contribution in [0, 0.1) is 17.8 Å². The van der Waals surface area contributed by atoms with Gasteiger partial charge >= 0.3 is 4.87 Å². The van der Waals surface area contributed by atoms with Crippen LogP contribution in [0.2, 0.25) is 0 Å². The molecule has 1 N–H and O–H groups in total. The Labute approximate surface area is 187 Å². The van der Waals surface area contributed by atoms with E-state index in [2.05, 4.69) is 22.8 Å². The summed E-state index contributed by atoms with van der Waals surface area (Å²) in [4.78, 5) is 28.3. The Bertz CT molecular complexity index is 1140. The molecule has 2 bridgehead atoms. The van der Waals surface area contributed by atoms with Crippen LogP contribution in [-0.4, -0.2) is 15.7 Å². The first-order valence-electron chi connectivity index (χ1n) is 10.5. The number of anilines is 1. The molecule has 0 saturated heterocycles. The summed E-state index contributed by atoms with van der Waals surface area (Å²) in [5.74, 6) is 2.33. The quantitative estimate of drug-likeness (QED) is 0.585. The van der Waals surface area contributed by atoms with Gasteiger partial charge in [0.25, 0.3) is 0 Å². The third-order valence-corrected chi connectivity index (χ3v) is 10.7. The lowest BCUT2D eigenvalue weighted by molar-refractivity contribution is -0.116. The fourth-order valence-corrected chi connectivity index (χ4v) is 9.85. The minimum atomic E-state index is -0.146. The highest BCUT2D eigenvalue weighted by Gasteiger charge is 2.55. The van der Waals surface area contributed by atoms with Crippen LogP contribution in [0.3, 0.4) is 0 Å². The molecule has 1 aromatic carbocycles. The summed E-state index contributed by atoms with van der Waals surface area (Å²) in [5, 5.41) is 6.68. The second kappa shape index (κ2) is 7.39. The molecule has 1 aliphatic heterocycles. The summed E-state index contributed by atoms with van der Waals surface area (Å²) in [6.45, 7) is 0.0786. The Balaban J connectivity index is 1.37. The molecule has 5 unspecified atom stereocenters. The van der Waals surface area contributed by atoms with Crippen LogP contribution in [0.1, 0.15) is 34.9 Å². The van der Waals surface area contributed by atoms with Crippen LogP contribution < -0.4 is 10.2 Å². The van der Waals surface area contributed by atoms with E-state index in [1.165, 1.54) is 40.4 Å². The van der Waals surface area contributed by atoms with Gasteiger partial charge in [-0.05, 0) is 60.6 Å². The molecule has 0 radical (unpaired) electrons. The minimum Gasteiger partial charge on any atom is -0.325 e. The van der Waals surface area contributed by atoms with Gasteiger partial charge in [0.05, 0.1) is 5.03 Å². The average molecular weight is 455 g/mol. The van der Waals surface area contributed by atoms with Gasteiger partial charge in [0, 0.05) is 26.6 Å². The van der Waals surface area contributed by atoms with E-state index in [0.29, 0.717) is 17.1 Å². The molecule has 5 atom stereocenters. The second-order valence-electron chi connectivity index (χ2n) is 8.52. The summed E-state index contributed by atoms with van der Waals surface area (Å²) in [6.07, 6.45) is 3.98. The first-order valence-corrected chi connectivity index (χ1v) is 13.0. The van der Waals surface area contributed by atoms with Crippen molar-refractivity contribution in [2.45, 2.75) is 42.0 Å². The highest BCUT2D eigenvalue weighted by molar-refractivity contribution is 8.00. The molecule has 3 aliphatic rings. The van der Waals surface area contributed by atoms with Crippen molar-refractivity contribution in [3.8, 4) is 0 Å². The van der Waals surface area contributed by atoms with Crippen LogP contribution in [0.15, 0.2) is 57.7 Å². The van der Waals surface area contributed by atoms with Crippen LogP contribution in [0.25, 0.3) is 0 Å². The fourth-order valence-electron chi connectivity index (χ4n) is 5.74.